The molecule has 0 atom stereocenters. The molecule has 0 aliphatic carbocycles. The van der Waals surface area contributed by atoms with E-state index in [4.69, 9.17) is 10.5 Å². The van der Waals surface area contributed by atoms with Crippen LogP contribution >= 0.6 is 0 Å². The molecular formula is C19H25N3O2. The summed E-state index contributed by atoms with van der Waals surface area (Å²) >= 11 is 0. The molecule has 5 heteroatoms. The van der Waals surface area contributed by atoms with E-state index in [1.807, 2.05) is 43.3 Å². The number of ether oxygens (including phenoxy) is 1. The van der Waals surface area contributed by atoms with Gasteiger partial charge in [-0.05, 0) is 61.4 Å². The van der Waals surface area contributed by atoms with Crippen molar-refractivity contribution >= 4 is 17.4 Å². The number of carbonyl (C=O) groups excluding carboxylic acids is 1. The van der Waals surface area contributed by atoms with E-state index in [0.29, 0.717) is 18.0 Å². The number of nitrogen functional groups attached to an aromatic ring is 1. The molecule has 0 saturated carbocycles. The molecule has 0 bridgehead atoms. The highest BCUT2D eigenvalue weighted by Gasteiger charge is 2.04. The molecule has 0 radical (unpaired) electrons. The van der Waals surface area contributed by atoms with Gasteiger partial charge in [-0.2, -0.15) is 0 Å². The molecule has 4 N–H and O–H groups in total. The fraction of sp³-hybridized carbons (Fsp3) is 0.316. The van der Waals surface area contributed by atoms with E-state index in [1.165, 1.54) is 0 Å². The van der Waals surface area contributed by atoms with Crippen molar-refractivity contribution in [1.29, 1.82) is 0 Å². The first-order valence-electron chi connectivity index (χ1n) is 8.27. The topological polar surface area (TPSA) is 76.4 Å². The van der Waals surface area contributed by atoms with E-state index < -0.39 is 0 Å². The zero-order chi connectivity index (χ0) is 17.4. The standard InChI is InChI=1S/C19H25N3O2/c1-3-4-5-12-21-19(23)22-16-7-9-17(10-8-16)24-18-11-6-15(20)13-14(18)2/h6-11,13H,3-5,12,20H2,1-2H3,(H2,21,22,23). The summed E-state index contributed by atoms with van der Waals surface area (Å²) in [6.07, 6.45) is 3.26. The summed E-state index contributed by atoms with van der Waals surface area (Å²) in [5.41, 5.74) is 8.15. The minimum absolute atomic E-state index is 0.186. The Bertz CT molecular complexity index is 669. The Kier molecular flexibility index (Phi) is 6.49. The predicted molar refractivity (Wildman–Crippen MR) is 98.7 cm³/mol. The van der Waals surface area contributed by atoms with Crippen molar-refractivity contribution in [2.24, 2.45) is 0 Å². The molecule has 0 saturated heterocycles. The number of urea groups is 1. The Morgan fingerprint density at radius 3 is 2.54 bits per heavy atom. The number of benzene rings is 2. The minimum atomic E-state index is -0.186. The van der Waals surface area contributed by atoms with Crippen molar-refractivity contribution < 1.29 is 9.53 Å². The summed E-state index contributed by atoms with van der Waals surface area (Å²) in [5.74, 6) is 1.47. The summed E-state index contributed by atoms with van der Waals surface area (Å²) in [6, 6.07) is 12.6. The zero-order valence-electron chi connectivity index (χ0n) is 14.3. The van der Waals surface area contributed by atoms with Crippen LogP contribution in [0.25, 0.3) is 0 Å². The normalized spacial score (nSPS) is 10.2. The van der Waals surface area contributed by atoms with E-state index >= 15 is 0 Å². The number of aryl methyl sites for hydroxylation is 1. The van der Waals surface area contributed by atoms with Crippen LogP contribution in [0.15, 0.2) is 42.5 Å². The monoisotopic (exact) mass is 327 g/mol. The molecule has 2 aromatic rings. The first-order chi connectivity index (χ1) is 11.6. The summed E-state index contributed by atoms with van der Waals surface area (Å²) in [5, 5.41) is 5.65. The highest BCUT2D eigenvalue weighted by Crippen LogP contribution is 2.27. The molecule has 0 aliphatic rings. The van der Waals surface area contributed by atoms with Crippen LogP contribution in [0.4, 0.5) is 16.2 Å². The van der Waals surface area contributed by atoms with E-state index in [0.717, 1.165) is 36.3 Å². The maximum atomic E-state index is 11.8. The van der Waals surface area contributed by atoms with Crippen molar-refractivity contribution in [1.82, 2.24) is 5.32 Å². The number of nitrogens with two attached hydrogens (primary N) is 1. The van der Waals surface area contributed by atoms with Crippen LogP contribution < -0.4 is 21.1 Å². The van der Waals surface area contributed by atoms with Gasteiger partial charge in [0.2, 0.25) is 0 Å². The van der Waals surface area contributed by atoms with Crippen LogP contribution in [-0.4, -0.2) is 12.6 Å². The van der Waals surface area contributed by atoms with Crippen molar-refractivity contribution in [2.75, 3.05) is 17.6 Å². The molecule has 0 spiro atoms. The van der Waals surface area contributed by atoms with Gasteiger partial charge in [0.15, 0.2) is 0 Å². The van der Waals surface area contributed by atoms with Crippen molar-refractivity contribution in [3.05, 3.63) is 48.0 Å². The molecule has 0 aliphatic heterocycles. The molecule has 0 aromatic heterocycles. The lowest BCUT2D eigenvalue weighted by molar-refractivity contribution is 0.252. The second-order valence-corrected chi connectivity index (χ2v) is 5.74. The van der Waals surface area contributed by atoms with Gasteiger partial charge in [-0.25, -0.2) is 4.79 Å². The van der Waals surface area contributed by atoms with Gasteiger partial charge in [0.05, 0.1) is 0 Å². The molecule has 2 aromatic carbocycles. The highest BCUT2D eigenvalue weighted by molar-refractivity contribution is 5.89. The molecule has 5 nitrogen and oxygen atoms in total. The Hall–Kier alpha value is -2.69. The Labute approximate surface area is 143 Å². The third-order valence-corrected chi connectivity index (χ3v) is 3.60. The van der Waals surface area contributed by atoms with Crippen molar-refractivity contribution in [2.45, 2.75) is 33.1 Å². The quantitative estimate of drug-likeness (QED) is 0.510. The summed E-state index contributed by atoms with van der Waals surface area (Å²) in [7, 11) is 0. The predicted octanol–water partition coefficient (Wildman–Crippen LogP) is 4.68. The van der Waals surface area contributed by atoms with Crippen LogP contribution in [0.2, 0.25) is 0 Å². The lowest BCUT2D eigenvalue weighted by Gasteiger charge is -2.11. The molecule has 24 heavy (non-hydrogen) atoms. The second-order valence-electron chi connectivity index (χ2n) is 5.74. The number of unbranched alkanes of at least 4 members (excludes halogenated alkanes) is 2. The Morgan fingerprint density at radius 2 is 1.88 bits per heavy atom. The van der Waals surface area contributed by atoms with Gasteiger partial charge in [-0.3, -0.25) is 0 Å². The van der Waals surface area contributed by atoms with E-state index in [-0.39, 0.29) is 6.03 Å². The first-order valence-corrected chi connectivity index (χ1v) is 8.27. The average molecular weight is 327 g/mol. The molecule has 0 unspecified atom stereocenters. The third-order valence-electron chi connectivity index (χ3n) is 3.60. The van der Waals surface area contributed by atoms with Gasteiger partial charge >= 0.3 is 6.03 Å². The number of carbonyl (C=O) groups is 1. The maximum absolute atomic E-state index is 11.8. The fourth-order valence-electron chi connectivity index (χ4n) is 2.27. The van der Waals surface area contributed by atoms with E-state index in [1.54, 1.807) is 6.07 Å². The third kappa shape index (κ3) is 5.50. The van der Waals surface area contributed by atoms with Crippen LogP contribution in [0, 0.1) is 6.92 Å². The number of hydrogen-bond donors (Lipinski definition) is 3. The molecule has 0 fully saturated rings. The maximum Gasteiger partial charge on any atom is 0.319 e. The largest absolute Gasteiger partial charge is 0.457 e. The number of anilines is 2. The molecule has 128 valence electrons. The van der Waals surface area contributed by atoms with E-state index in [2.05, 4.69) is 17.6 Å². The highest BCUT2D eigenvalue weighted by atomic mass is 16.5. The van der Waals surface area contributed by atoms with Gasteiger partial charge in [-0.15, -0.1) is 0 Å². The summed E-state index contributed by atoms with van der Waals surface area (Å²) in [4.78, 5) is 11.8. The van der Waals surface area contributed by atoms with Crippen LogP contribution in [0.3, 0.4) is 0 Å². The average Bonchev–Trinajstić information content (AvgIpc) is 2.56. The molecule has 2 rings (SSSR count). The molecule has 2 amide bonds. The van der Waals surface area contributed by atoms with Gasteiger partial charge in [0.1, 0.15) is 11.5 Å². The minimum Gasteiger partial charge on any atom is -0.457 e. The number of rotatable bonds is 7. The number of nitrogens with one attached hydrogen (secondary N) is 2. The summed E-state index contributed by atoms with van der Waals surface area (Å²) < 4.78 is 5.83. The Balaban J connectivity index is 1.87. The van der Waals surface area contributed by atoms with Crippen LogP contribution in [0.5, 0.6) is 11.5 Å². The number of amides is 2. The molecule has 0 heterocycles. The lowest BCUT2D eigenvalue weighted by Crippen LogP contribution is -2.29. The number of hydrogen-bond acceptors (Lipinski definition) is 3. The van der Waals surface area contributed by atoms with Gasteiger partial charge < -0.3 is 21.1 Å². The van der Waals surface area contributed by atoms with Gasteiger partial charge in [0, 0.05) is 17.9 Å². The molecular weight excluding hydrogens is 302 g/mol. The zero-order valence-corrected chi connectivity index (χ0v) is 14.3. The van der Waals surface area contributed by atoms with E-state index in [9.17, 15) is 4.79 Å². The van der Waals surface area contributed by atoms with Crippen LogP contribution in [-0.2, 0) is 0 Å². The first kappa shape index (κ1) is 17.7. The Morgan fingerprint density at radius 1 is 1.12 bits per heavy atom. The van der Waals surface area contributed by atoms with Gasteiger partial charge in [-0.1, -0.05) is 19.8 Å². The fourth-order valence-corrected chi connectivity index (χ4v) is 2.27. The van der Waals surface area contributed by atoms with Crippen molar-refractivity contribution in [3.8, 4) is 11.5 Å². The summed E-state index contributed by atoms with van der Waals surface area (Å²) in [6.45, 7) is 4.78. The van der Waals surface area contributed by atoms with Gasteiger partial charge in [0.25, 0.3) is 0 Å². The lowest BCUT2D eigenvalue weighted by atomic mass is 10.2. The SMILES string of the molecule is CCCCCNC(=O)Nc1ccc(Oc2ccc(N)cc2C)cc1. The smallest absolute Gasteiger partial charge is 0.319 e. The van der Waals surface area contributed by atoms with Crippen LogP contribution in [0.1, 0.15) is 31.7 Å². The van der Waals surface area contributed by atoms with Crippen molar-refractivity contribution in [3.63, 3.8) is 0 Å². The second kappa shape index (κ2) is 8.82.